The number of hydrogen-bond donors (Lipinski definition) is 1. The Balaban J connectivity index is 1.80. The summed E-state index contributed by atoms with van der Waals surface area (Å²) in [4.78, 5) is 24.1. The molecule has 2 aromatic carbocycles. The van der Waals surface area contributed by atoms with E-state index in [9.17, 15) is 9.59 Å². The highest BCUT2D eigenvalue weighted by molar-refractivity contribution is 6.33. The fourth-order valence-corrected chi connectivity index (χ4v) is 2.74. The second-order valence-electron chi connectivity index (χ2n) is 5.29. The fourth-order valence-electron chi connectivity index (χ4n) is 2.74. The lowest BCUT2D eigenvalue weighted by molar-refractivity contribution is -0.114. The second-order valence-corrected chi connectivity index (χ2v) is 5.29. The van der Waals surface area contributed by atoms with Gasteiger partial charge >= 0.3 is 0 Å². The first-order valence-electron chi connectivity index (χ1n) is 7.29. The first kappa shape index (κ1) is 13.6. The van der Waals surface area contributed by atoms with Crippen LogP contribution in [0.5, 0.6) is 11.5 Å². The number of fused-ring (bicyclic) bond motifs is 2. The van der Waals surface area contributed by atoms with Crippen LogP contribution in [0.1, 0.15) is 21.5 Å². The van der Waals surface area contributed by atoms with Gasteiger partial charge in [0.2, 0.25) is 0 Å². The standard InChI is InChI=1S/C18H13NO4/c20-17-13-4-2-1-3-12(13)14(18(21)19-17)9-11-5-6-15-16(10-11)23-8-7-22-15/h1-6,9-10H,7-8H2,(H,19,20,21)/b14-9+. The van der Waals surface area contributed by atoms with Gasteiger partial charge in [-0.3, -0.25) is 14.9 Å². The van der Waals surface area contributed by atoms with E-state index in [2.05, 4.69) is 5.32 Å². The summed E-state index contributed by atoms with van der Waals surface area (Å²) < 4.78 is 11.0. The second kappa shape index (κ2) is 5.28. The molecule has 114 valence electrons. The van der Waals surface area contributed by atoms with Crippen molar-refractivity contribution < 1.29 is 19.1 Å². The van der Waals surface area contributed by atoms with Gasteiger partial charge in [-0.2, -0.15) is 0 Å². The molecule has 5 heteroatoms. The van der Waals surface area contributed by atoms with Gasteiger partial charge in [0.05, 0.1) is 0 Å². The summed E-state index contributed by atoms with van der Waals surface area (Å²) in [5.74, 6) is 0.585. The zero-order chi connectivity index (χ0) is 15.8. The average Bonchev–Trinajstić information content (AvgIpc) is 2.58. The Morgan fingerprint density at radius 2 is 1.61 bits per heavy atom. The molecule has 2 amide bonds. The number of carbonyl (C=O) groups is 2. The smallest absolute Gasteiger partial charge is 0.258 e. The Morgan fingerprint density at radius 3 is 2.43 bits per heavy atom. The predicted molar refractivity (Wildman–Crippen MR) is 84.2 cm³/mol. The molecule has 0 bridgehead atoms. The van der Waals surface area contributed by atoms with E-state index in [0.29, 0.717) is 41.4 Å². The van der Waals surface area contributed by atoms with E-state index in [-0.39, 0.29) is 5.91 Å². The van der Waals surface area contributed by atoms with Crippen LogP contribution in [-0.2, 0) is 4.79 Å². The van der Waals surface area contributed by atoms with Crippen LogP contribution in [-0.4, -0.2) is 25.0 Å². The summed E-state index contributed by atoms with van der Waals surface area (Å²) in [5.41, 5.74) is 2.40. The molecular formula is C18H13NO4. The Bertz CT molecular complexity index is 854. The summed E-state index contributed by atoms with van der Waals surface area (Å²) in [6.45, 7) is 1.04. The third-order valence-corrected chi connectivity index (χ3v) is 3.81. The summed E-state index contributed by atoms with van der Waals surface area (Å²) in [6, 6.07) is 12.6. The maximum Gasteiger partial charge on any atom is 0.258 e. The van der Waals surface area contributed by atoms with Gasteiger partial charge < -0.3 is 9.47 Å². The van der Waals surface area contributed by atoms with E-state index in [4.69, 9.17) is 9.47 Å². The van der Waals surface area contributed by atoms with E-state index < -0.39 is 5.91 Å². The Hall–Kier alpha value is -3.08. The Kier molecular flexibility index (Phi) is 3.12. The monoisotopic (exact) mass is 307 g/mol. The lowest BCUT2D eigenvalue weighted by Gasteiger charge is -2.20. The minimum Gasteiger partial charge on any atom is -0.486 e. The van der Waals surface area contributed by atoms with Gasteiger partial charge in [-0.25, -0.2) is 0 Å². The number of amides is 2. The summed E-state index contributed by atoms with van der Waals surface area (Å²) in [6.07, 6.45) is 1.75. The maximum absolute atomic E-state index is 12.2. The van der Waals surface area contributed by atoms with Crippen molar-refractivity contribution in [3.05, 3.63) is 59.2 Å². The Morgan fingerprint density at radius 1 is 0.870 bits per heavy atom. The van der Waals surface area contributed by atoms with E-state index in [1.807, 2.05) is 24.3 Å². The lowest BCUT2D eigenvalue weighted by Crippen LogP contribution is -2.36. The molecule has 23 heavy (non-hydrogen) atoms. The van der Waals surface area contributed by atoms with Gasteiger partial charge in [-0.15, -0.1) is 0 Å². The van der Waals surface area contributed by atoms with E-state index in [0.717, 1.165) is 5.56 Å². The van der Waals surface area contributed by atoms with Gasteiger partial charge in [0, 0.05) is 11.1 Å². The highest BCUT2D eigenvalue weighted by atomic mass is 16.6. The molecule has 0 spiro atoms. The highest BCUT2D eigenvalue weighted by Crippen LogP contribution is 2.33. The van der Waals surface area contributed by atoms with Gasteiger partial charge in [0.25, 0.3) is 11.8 Å². The highest BCUT2D eigenvalue weighted by Gasteiger charge is 2.26. The normalized spacial score (nSPS) is 17.7. The van der Waals surface area contributed by atoms with Crippen LogP contribution in [0.4, 0.5) is 0 Å². The summed E-state index contributed by atoms with van der Waals surface area (Å²) >= 11 is 0. The number of carbonyl (C=O) groups excluding carboxylic acids is 2. The van der Waals surface area contributed by atoms with Gasteiger partial charge in [0.15, 0.2) is 11.5 Å². The minimum atomic E-state index is -0.399. The number of imide groups is 1. The average molecular weight is 307 g/mol. The molecule has 4 rings (SSSR count). The molecule has 0 fully saturated rings. The number of ether oxygens (including phenoxy) is 2. The molecule has 2 heterocycles. The molecular weight excluding hydrogens is 294 g/mol. The van der Waals surface area contributed by atoms with Crippen LogP contribution in [0, 0.1) is 0 Å². The largest absolute Gasteiger partial charge is 0.486 e. The SMILES string of the molecule is O=C1NC(=O)c2ccccc2/C1=C\c1ccc2c(c1)OCCO2. The first-order chi connectivity index (χ1) is 11.2. The van der Waals surface area contributed by atoms with Crippen LogP contribution < -0.4 is 14.8 Å². The van der Waals surface area contributed by atoms with Crippen LogP contribution in [0.3, 0.4) is 0 Å². The van der Waals surface area contributed by atoms with Crippen molar-refractivity contribution in [2.75, 3.05) is 13.2 Å². The van der Waals surface area contributed by atoms with E-state index in [1.54, 1.807) is 24.3 Å². The Labute approximate surface area is 132 Å². The van der Waals surface area contributed by atoms with Crippen LogP contribution in [0.25, 0.3) is 11.6 Å². The molecule has 0 radical (unpaired) electrons. The molecule has 2 aliphatic rings. The van der Waals surface area contributed by atoms with Gasteiger partial charge in [-0.1, -0.05) is 24.3 Å². The van der Waals surface area contributed by atoms with Crippen molar-refractivity contribution >= 4 is 23.5 Å². The molecule has 5 nitrogen and oxygen atoms in total. The minimum absolute atomic E-state index is 0.370. The zero-order valence-electron chi connectivity index (χ0n) is 12.2. The lowest BCUT2D eigenvalue weighted by atomic mass is 9.93. The van der Waals surface area contributed by atoms with Gasteiger partial charge in [-0.05, 0) is 35.4 Å². The molecule has 0 atom stereocenters. The molecule has 0 aromatic heterocycles. The van der Waals surface area contributed by atoms with Crippen molar-refractivity contribution in [3.63, 3.8) is 0 Å². The molecule has 1 N–H and O–H groups in total. The number of hydrogen-bond acceptors (Lipinski definition) is 4. The molecule has 0 unspecified atom stereocenters. The topological polar surface area (TPSA) is 64.6 Å². The number of nitrogens with one attached hydrogen (secondary N) is 1. The van der Waals surface area contributed by atoms with Gasteiger partial charge in [0.1, 0.15) is 13.2 Å². The van der Waals surface area contributed by atoms with Crippen LogP contribution >= 0.6 is 0 Å². The van der Waals surface area contributed by atoms with Crippen molar-refractivity contribution in [1.29, 1.82) is 0 Å². The van der Waals surface area contributed by atoms with E-state index in [1.165, 1.54) is 0 Å². The molecule has 0 saturated heterocycles. The molecule has 2 aromatic rings. The van der Waals surface area contributed by atoms with Crippen LogP contribution in [0.2, 0.25) is 0 Å². The quantitative estimate of drug-likeness (QED) is 0.648. The van der Waals surface area contributed by atoms with Crippen molar-refractivity contribution in [2.24, 2.45) is 0 Å². The fraction of sp³-hybridized carbons (Fsp3) is 0.111. The molecule has 0 saturated carbocycles. The summed E-state index contributed by atoms with van der Waals surface area (Å²) in [7, 11) is 0. The van der Waals surface area contributed by atoms with Crippen molar-refractivity contribution in [2.45, 2.75) is 0 Å². The van der Waals surface area contributed by atoms with Crippen molar-refractivity contribution in [1.82, 2.24) is 5.32 Å². The first-order valence-corrected chi connectivity index (χ1v) is 7.29. The summed E-state index contributed by atoms with van der Waals surface area (Å²) in [5, 5.41) is 2.37. The molecule has 0 aliphatic carbocycles. The predicted octanol–water partition coefficient (Wildman–Crippen LogP) is 2.27. The number of benzene rings is 2. The maximum atomic E-state index is 12.2. The van der Waals surface area contributed by atoms with E-state index >= 15 is 0 Å². The molecule has 2 aliphatic heterocycles. The van der Waals surface area contributed by atoms with Crippen molar-refractivity contribution in [3.8, 4) is 11.5 Å². The third-order valence-electron chi connectivity index (χ3n) is 3.81. The van der Waals surface area contributed by atoms with Crippen LogP contribution in [0.15, 0.2) is 42.5 Å². The third kappa shape index (κ3) is 2.36. The zero-order valence-corrected chi connectivity index (χ0v) is 12.2. The number of rotatable bonds is 1.